The molecule has 20 heavy (non-hydrogen) atoms. The van der Waals surface area contributed by atoms with Crippen LogP contribution >= 0.6 is 0 Å². The monoisotopic (exact) mass is 266 g/mol. The Kier molecular flexibility index (Phi) is 6.24. The molecule has 0 N–H and O–H groups in total. The summed E-state index contributed by atoms with van der Waals surface area (Å²) in [5.41, 5.74) is 2.71. The van der Waals surface area contributed by atoms with Crippen molar-refractivity contribution in [2.45, 2.75) is 41.5 Å². The van der Waals surface area contributed by atoms with E-state index in [1.165, 1.54) is 32.7 Å². The van der Waals surface area contributed by atoms with E-state index in [1.807, 2.05) is 27.7 Å². The van der Waals surface area contributed by atoms with Gasteiger partial charge in [-0.1, -0.05) is 75.7 Å². The highest BCUT2D eigenvalue weighted by atomic mass is 14.1. The summed E-state index contributed by atoms with van der Waals surface area (Å²) in [4.78, 5) is 0. The van der Waals surface area contributed by atoms with Crippen molar-refractivity contribution in [1.82, 2.24) is 0 Å². The van der Waals surface area contributed by atoms with Crippen molar-refractivity contribution in [3.8, 4) is 0 Å². The second kappa shape index (κ2) is 7.69. The van der Waals surface area contributed by atoms with Gasteiger partial charge in [0.15, 0.2) is 0 Å². The number of rotatable bonds is 0. The minimum Gasteiger partial charge on any atom is -0.0683 e. The van der Waals surface area contributed by atoms with E-state index in [0.717, 1.165) is 0 Å². The maximum absolute atomic E-state index is 2.27. The van der Waals surface area contributed by atoms with Crippen LogP contribution in [0, 0.1) is 13.8 Å². The average Bonchev–Trinajstić information content (AvgIpc) is 2.52. The molecule has 0 aliphatic carbocycles. The van der Waals surface area contributed by atoms with Gasteiger partial charge in [-0.15, -0.1) is 0 Å². The minimum atomic E-state index is 1.32. The van der Waals surface area contributed by atoms with Crippen LogP contribution in [0.2, 0.25) is 0 Å². The number of benzene rings is 3. The van der Waals surface area contributed by atoms with Gasteiger partial charge in [-0.25, -0.2) is 0 Å². The second-order valence-corrected chi connectivity index (χ2v) is 4.45. The van der Waals surface area contributed by atoms with Gasteiger partial charge in [-0.05, 0) is 47.0 Å². The van der Waals surface area contributed by atoms with Crippen LogP contribution < -0.4 is 0 Å². The molecule has 0 atom stereocenters. The minimum absolute atomic E-state index is 1.32. The summed E-state index contributed by atoms with van der Waals surface area (Å²) in [6.07, 6.45) is 0. The van der Waals surface area contributed by atoms with Crippen LogP contribution in [0.1, 0.15) is 38.8 Å². The average molecular weight is 266 g/mol. The highest BCUT2D eigenvalue weighted by Crippen LogP contribution is 2.28. The van der Waals surface area contributed by atoms with Crippen molar-refractivity contribution in [2.75, 3.05) is 0 Å². The SMILES string of the molecule is CC.CC.Cc1ccc2cc3ccccc3c(C)c2c1. The first-order valence-corrected chi connectivity index (χ1v) is 7.64. The van der Waals surface area contributed by atoms with Gasteiger partial charge in [-0.3, -0.25) is 0 Å². The molecule has 0 heterocycles. The summed E-state index contributed by atoms with van der Waals surface area (Å²) in [7, 11) is 0. The molecule has 3 aromatic rings. The first-order chi connectivity index (χ1) is 9.75. The third kappa shape index (κ3) is 3.19. The molecule has 0 spiro atoms. The number of hydrogen-bond acceptors (Lipinski definition) is 0. The van der Waals surface area contributed by atoms with Gasteiger partial charge in [-0.2, -0.15) is 0 Å². The van der Waals surface area contributed by atoms with Gasteiger partial charge in [0.25, 0.3) is 0 Å². The molecular formula is C20H26. The molecule has 0 aliphatic heterocycles. The third-order valence-corrected chi connectivity index (χ3v) is 3.29. The van der Waals surface area contributed by atoms with Crippen molar-refractivity contribution < 1.29 is 0 Å². The molecule has 0 aliphatic rings. The van der Waals surface area contributed by atoms with Crippen LogP contribution in [0.4, 0.5) is 0 Å². The second-order valence-electron chi connectivity index (χ2n) is 4.45. The van der Waals surface area contributed by atoms with E-state index in [4.69, 9.17) is 0 Å². The Morgan fingerprint density at radius 3 is 1.90 bits per heavy atom. The van der Waals surface area contributed by atoms with Gasteiger partial charge >= 0.3 is 0 Å². The summed E-state index contributed by atoms with van der Waals surface area (Å²) in [5.74, 6) is 0. The van der Waals surface area contributed by atoms with Crippen LogP contribution in [0.5, 0.6) is 0 Å². The lowest BCUT2D eigenvalue weighted by Crippen LogP contribution is -1.83. The van der Waals surface area contributed by atoms with E-state index in [1.54, 1.807) is 0 Å². The molecule has 0 amide bonds. The number of fused-ring (bicyclic) bond motifs is 2. The molecule has 0 heteroatoms. The van der Waals surface area contributed by atoms with Crippen molar-refractivity contribution in [2.24, 2.45) is 0 Å². The zero-order valence-electron chi connectivity index (χ0n) is 13.6. The molecule has 0 nitrogen and oxygen atoms in total. The normalized spacial score (nSPS) is 9.50. The fourth-order valence-corrected chi connectivity index (χ4v) is 2.40. The smallest absolute Gasteiger partial charge is 0.0146 e. The van der Waals surface area contributed by atoms with Crippen molar-refractivity contribution in [1.29, 1.82) is 0 Å². The predicted molar refractivity (Wildman–Crippen MR) is 93.6 cm³/mol. The molecule has 3 rings (SSSR count). The summed E-state index contributed by atoms with van der Waals surface area (Å²) in [6, 6.07) is 17.5. The largest absolute Gasteiger partial charge is 0.0683 e. The van der Waals surface area contributed by atoms with Gasteiger partial charge in [0, 0.05) is 0 Å². The Hall–Kier alpha value is -1.82. The highest BCUT2D eigenvalue weighted by Gasteiger charge is 2.03. The fourth-order valence-electron chi connectivity index (χ4n) is 2.40. The van der Waals surface area contributed by atoms with Crippen LogP contribution in [0.15, 0.2) is 48.5 Å². The summed E-state index contributed by atoms with van der Waals surface area (Å²) < 4.78 is 0. The van der Waals surface area contributed by atoms with Crippen molar-refractivity contribution in [3.63, 3.8) is 0 Å². The lowest BCUT2D eigenvalue weighted by atomic mass is 9.97. The van der Waals surface area contributed by atoms with E-state index >= 15 is 0 Å². The zero-order valence-corrected chi connectivity index (χ0v) is 13.6. The lowest BCUT2D eigenvalue weighted by Gasteiger charge is -2.08. The van der Waals surface area contributed by atoms with E-state index in [9.17, 15) is 0 Å². The third-order valence-electron chi connectivity index (χ3n) is 3.29. The van der Waals surface area contributed by atoms with Gasteiger partial charge < -0.3 is 0 Å². The van der Waals surface area contributed by atoms with E-state index < -0.39 is 0 Å². The van der Waals surface area contributed by atoms with Crippen molar-refractivity contribution >= 4 is 21.5 Å². The Bertz CT molecular complexity index is 678. The molecular weight excluding hydrogens is 240 g/mol. The summed E-state index contributed by atoms with van der Waals surface area (Å²) in [6.45, 7) is 12.4. The molecule has 0 saturated heterocycles. The summed E-state index contributed by atoms with van der Waals surface area (Å²) >= 11 is 0. The maximum atomic E-state index is 2.27. The standard InChI is InChI=1S/C16H14.2C2H6/c1-11-7-8-14-10-13-5-3-4-6-15(13)12(2)16(14)9-11;2*1-2/h3-10H,1-2H3;2*1-2H3. The maximum Gasteiger partial charge on any atom is -0.0146 e. The van der Waals surface area contributed by atoms with Crippen LogP contribution in [0.25, 0.3) is 21.5 Å². The van der Waals surface area contributed by atoms with Crippen LogP contribution in [-0.2, 0) is 0 Å². The van der Waals surface area contributed by atoms with Gasteiger partial charge in [0.05, 0.1) is 0 Å². The zero-order chi connectivity index (χ0) is 15.1. The number of aryl methyl sites for hydroxylation is 2. The lowest BCUT2D eigenvalue weighted by molar-refractivity contribution is 1.49. The van der Waals surface area contributed by atoms with E-state index in [-0.39, 0.29) is 0 Å². The fraction of sp³-hybridized carbons (Fsp3) is 0.300. The first-order valence-electron chi connectivity index (χ1n) is 7.64. The van der Waals surface area contributed by atoms with E-state index in [2.05, 4.69) is 62.4 Å². The first kappa shape index (κ1) is 16.2. The molecule has 0 saturated carbocycles. The Labute approximate surface area is 123 Å². The van der Waals surface area contributed by atoms with Crippen molar-refractivity contribution in [3.05, 3.63) is 59.7 Å². The van der Waals surface area contributed by atoms with Gasteiger partial charge in [0.1, 0.15) is 0 Å². The van der Waals surface area contributed by atoms with Gasteiger partial charge in [0.2, 0.25) is 0 Å². The Balaban J connectivity index is 0.000000461. The van der Waals surface area contributed by atoms with Crippen LogP contribution in [0.3, 0.4) is 0 Å². The number of hydrogen-bond donors (Lipinski definition) is 0. The molecule has 0 unspecified atom stereocenters. The molecule has 0 bridgehead atoms. The molecule has 0 radical (unpaired) electrons. The molecule has 3 aromatic carbocycles. The molecule has 0 fully saturated rings. The van der Waals surface area contributed by atoms with Crippen LogP contribution in [-0.4, -0.2) is 0 Å². The highest BCUT2D eigenvalue weighted by molar-refractivity contribution is 6.02. The Morgan fingerprint density at radius 2 is 1.20 bits per heavy atom. The predicted octanol–water partition coefficient (Wildman–Crippen LogP) is 6.66. The topological polar surface area (TPSA) is 0 Å². The van der Waals surface area contributed by atoms with E-state index in [0.29, 0.717) is 0 Å². The molecule has 106 valence electrons. The Morgan fingerprint density at radius 1 is 0.600 bits per heavy atom. The summed E-state index contributed by atoms with van der Waals surface area (Å²) in [5, 5.41) is 5.40. The molecule has 0 aromatic heterocycles. The quantitative estimate of drug-likeness (QED) is 0.399.